The number of nitrogens with one attached hydrogen (secondary N) is 1. The molecule has 0 bridgehead atoms. The maximum absolute atomic E-state index is 5.45. The summed E-state index contributed by atoms with van der Waals surface area (Å²) in [5.74, 6) is 0.711. The third-order valence-corrected chi connectivity index (χ3v) is 2.57. The van der Waals surface area contributed by atoms with Gasteiger partial charge in [0.2, 0.25) is 5.72 Å². The van der Waals surface area contributed by atoms with Gasteiger partial charge in [0.15, 0.2) is 0 Å². The molecule has 1 aliphatic rings. The molecule has 62 valence electrons. The minimum atomic E-state index is 0. The molecule has 1 heterocycles. The fourth-order valence-electron chi connectivity index (χ4n) is 1.14. The lowest BCUT2D eigenvalue weighted by Crippen LogP contribution is -3.18. The number of quaternary nitrogens is 1. The van der Waals surface area contributed by atoms with Crippen LogP contribution in [0, 0.1) is 5.92 Å². The van der Waals surface area contributed by atoms with Gasteiger partial charge in [0.25, 0.3) is 0 Å². The largest absolute Gasteiger partial charge is 1.00 e. The second-order valence-corrected chi connectivity index (χ2v) is 3.32. The van der Waals surface area contributed by atoms with E-state index >= 15 is 0 Å². The third kappa shape index (κ3) is 1.36. The lowest BCUT2D eigenvalue weighted by molar-refractivity contribution is -0.960. The molecule has 1 rings (SSSR count). The number of hydrogen-bond donors (Lipinski definition) is 1. The van der Waals surface area contributed by atoms with E-state index in [4.69, 9.17) is 4.74 Å². The first kappa shape index (κ1) is 10.4. The molecule has 2 nitrogen and oxygen atoms in total. The Labute approximate surface area is 73.3 Å². The average molecular weight is 210 g/mol. The molecule has 3 heteroatoms. The van der Waals surface area contributed by atoms with Crippen molar-refractivity contribution in [3.05, 3.63) is 0 Å². The van der Waals surface area contributed by atoms with Crippen molar-refractivity contribution < 1.29 is 26.6 Å². The van der Waals surface area contributed by atoms with Gasteiger partial charge in [-0.05, 0) is 0 Å². The van der Waals surface area contributed by atoms with Crippen LogP contribution in [0.1, 0.15) is 13.8 Å². The zero-order valence-corrected chi connectivity index (χ0v) is 8.66. The Morgan fingerprint density at radius 3 is 2.00 bits per heavy atom. The van der Waals surface area contributed by atoms with Crippen LogP contribution < -0.4 is 21.9 Å². The molecule has 1 saturated heterocycles. The molecule has 0 amide bonds. The smallest absolute Gasteiger partial charge is 0.203 e. The van der Waals surface area contributed by atoms with Gasteiger partial charge in [-0.3, -0.25) is 0 Å². The quantitative estimate of drug-likeness (QED) is 0.474. The minimum Gasteiger partial charge on any atom is -1.00 e. The predicted octanol–water partition coefficient (Wildman–Crippen LogP) is -3.48. The molecule has 10 heavy (non-hydrogen) atoms. The van der Waals surface area contributed by atoms with Gasteiger partial charge in [0.05, 0.1) is 26.6 Å². The summed E-state index contributed by atoms with van der Waals surface area (Å²) in [5.41, 5.74) is 0.0972. The summed E-state index contributed by atoms with van der Waals surface area (Å²) in [6, 6.07) is 0. The number of rotatable bonds is 1. The van der Waals surface area contributed by atoms with Crippen LogP contribution in [0.2, 0.25) is 0 Å². The molecule has 1 N–H and O–H groups in total. The van der Waals surface area contributed by atoms with Crippen LogP contribution in [0.4, 0.5) is 0 Å². The first-order chi connectivity index (χ1) is 4.07. The normalized spacial score (nSPS) is 38.7. The van der Waals surface area contributed by atoms with E-state index in [9.17, 15) is 0 Å². The first-order valence-electron chi connectivity index (χ1n) is 3.52. The van der Waals surface area contributed by atoms with E-state index < -0.39 is 0 Å². The van der Waals surface area contributed by atoms with Gasteiger partial charge in [0, 0.05) is 6.92 Å². The Morgan fingerprint density at radius 1 is 1.50 bits per heavy atom. The van der Waals surface area contributed by atoms with Crippen LogP contribution in [0.5, 0.6) is 0 Å². The number of hydrogen-bond acceptors (Lipinski definition) is 1. The summed E-state index contributed by atoms with van der Waals surface area (Å²) in [6.45, 7) is 5.33. The monoisotopic (exact) mass is 209 g/mol. The van der Waals surface area contributed by atoms with E-state index in [2.05, 4.69) is 27.9 Å². The first-order valence-corrected chi connectivity index (χ1v) is 3.52. The van der Waals surface area contributed by atoms with Gasteiger partial charge in [-0.2, -0.15) is 0 Å². The van der Waals surface area contributed by atoms with E-state index in [1.165, 1.54) is 4.90 Å². The second-order valence-electron chi connectivity index (χ2n) is 3.32. The summed E-state index contributed by atoms with van der Waals surface area (Å²) in [7, 11) is 4.27. The molecule has 0 aliphatic carbocycles. The number of halogens is 1. The van der Waals surface area contributed by atoms with Crippen LogP contribution in [0.25, 0.3) is 0 Å². The predicted molar refractivity (Wildman–Crippen MR) is 36.3 cm³/mol. The van der Waals surface area contributed by atoms with Gasteiger partial charge in [-0.1, -0.05) is 6.92 Å². The molecule has 2 unspecified atom stereocenters. The Hall–Kier alpha value is 0.400. The lowest BCUT2D eigenvalue weighted by Gasteiger charge is -2.45. The molecule has 0 aromatic carbocycles. The maximum Gasteiger partial charge on any atom is 0.203 e. The Kier molecular flexibility index (Phi) is 3.33. The van der Waals surface area contributed by atoms with Crippen LogP contribution in [-0.4, -0.2) is 26.4 Å². The van der Waals surface area contributed by atoms with Gasteiger partial charge in [-0.25, -0.2) is 0 Å². The molecule has 1 aliphatic heterocycles. The molecule has 0 aromatic rings. The highest BCUT2D eigenvalue weighted by Crippen LogP contribution is 2.25. The standard InChI is InChI=1S/C7H15NO.BrH/c1-6-5-9-7(6,2)8(3)4;/h6H,5H2,1-4H3;1H. The summed E-state index contributed by atoms with van der Waals surface area (Å²) < 4.78 is 5.45. The van der Waals surface area contributed by atoms with E-state index in [0.29, 0.717) is 5.92 Å². The molecule has 0 aromatic heterocycles. The third-order valence-electron chi connectivity index (χ3n) is 2.57. The maximum atomic E-state index is 5.45. The molecular weight excluding hydrogens is 194 g/mol. The van der Waals surface area contributed by atoms with Crippen LogP contribution in [0.3, 0.4) is 0 Å². The zero-order chi connectivity index (χ0) is 7.07. The van der Waals surface area contributed by atoms with Gasteiger partial charge in [0.1, 0.15) is 0 Å². The average Bonchev–Trinajstić information content (AvgIpc) is 1.82. The topological polar surface area (TPSA) is 13.7 Å². The molecule has 0 spiro atoms. The Balaban J connectivity index is 0.000000810. The molecular formula is C7H16BrNO. The van der Waals surface area contributed by atoms with E-state index in [1.807, 2.05) is 0 Å². The Bertz CT molecular complexity index is 111. The molecule has 0 saturated carbocycles. The summed E-state index contributed by atoms with van der Waals surface area (Å²) in [6.07, 6.45) is 0. The van der Waals surface area contributed by atoms with Crippen molar-refractivity contribution >= 4 is 0 Å². The van der Waals surface area contributed by atoms with Crippen molar-refractivity contribution in [1.29, 1.82) is 0 Å². The highest BCUT2D eigenvalue weighted by molar-refractivity contribution is 4.77. The SMILES string of the molecule is CC1COC1(C)[NH+](C)C.[Br-]. The van der Waals surface area contributed by atoms with Crippen molar-refractivity contribution in [2.75, 3.05) is 20.7 Å². The molecule has 1 fully saturated rings. The van der Waals surface area contributed by atoms with Crippen molar-refractivity contribution in [2.45, 2.75) is 19.6 Å². The van der Waals surface area contributed by atoms with Crippen molar-refractivity contribution in [3.8, 4) is 0 Å². The number of ether oxygens (including phenoxy) is 1. The van der Waals surface area contributed by atoms with E-state index in [1.54, 1.807) is 0 Å². The summed E-state index contributed by atoms with van der Waals surface area (Å²) in [4.78, 5) is 1.39. The molecule has 0 radical (unpaired) electrons. The summed E-state index contributed by atoms with van der Waals surface area (Å²) in [5, 5.41) is 0. The van der Waals surface area contributed by atoms with Crippen LogP contribution in [-0.2, 0) is 4.74 Å². The highest BCUT2D eigenvalue weighted by Gasteiger charge is 2.47. The van der Waals surface area contributed by atoms with E-state index in [-0.39, 0.29) is 22.7 Å². The van der Waals surface area contributed by atoms with Crippen molar-refractivity contribution in [3.63, 3.8) is 0 Å². The van der Waals surface area contributed by atoms with Gasteiger partial charge in [-0.15, -0.1) is 0 Å². The Morgan fingerprint density at radius 2 is 2.00 bits per heavy atom. The van der Waals surface area contributed by atoms with Crippen molar-refractivity contribution in [2.24, 2.45) is 5.92 Å². The van der Waals surface area contributed by atoms with Gasteiger partial charge < -0.3 is 26.6 Å². The van der Waals surface area contributed by atoms with Crippen molar-refractivity contribution in [1.82, 2.24) is 0 Å². The highest BCUT2D eigenvalue weighted by atomic mass is 79.9. The molecule has 2 atom stereocenters. The lowest BCUT2D eigenvalue weighted by atomic mass is 9.93. The summed E-state index contributed by atoms with van der Waals surface area (Å²) >= 11 is 0. The van der Waals surface area contributed by atoms with Crippen LogP contribution in [0.15, 0.2) is 0 Å². The fourth-order valence-corrected chi connectivity index (χ4v) is 1.14. The van der Waals surface area contributed by atoms with Gasteiger partial charge >= 0.3 is 0 Å². The zero-order valence-electron chi connectivity index (χ0n) is 7.07. The minimum absolute atomic E-state index is 0. The van der Waals surface area contributed by atoms with E-state index in [0.717, 1.165) is 6.61 Å². The van der Waals surface area contributed by atoms with Crippen LogP contribution >= 0.6 is 0 Å². The fraction of sp³-hybridized carbons (Fsp3) is 1.00. The second kappa shape index (κ2) is 3.20.